The van der Waals surface area contributed by atoms with Gasteiger partial charge in [0.1, 0.15) is 5.82 Å². The van der Waals surface area contributed by atoms with E-state index >= 15 is 0 Å². The van der Waals surface area contributed by atoms with Gasteiger partial charge < -0.3 is 15.2 Å². The van der Waals surface area contributed by atoms with Crippen LogP contribution < -0.4 is 10.6 Å². The van der Waals surface area contributed by atoms with Crippen LogP contribution in [0.25, 0.3) is 11.0 Å². The van der Waals surface area contributed by atoms with Gasteiger partial charge in [-0.3, -0.25) is 9.59 Å². The van der Waals surface area contributed by atoms with Crippen molar-refractivity contribution in [3.05, 3.63) is 65.7 Å². The maximum atomic E-state index is 13.5. The smallest absolute Gasteiger partial charge is 0.251 e. The molecule has 2 amide bonds. The summed E-state index contributed by atoms with van der Waals surface area (Å²) in [5.41, 5.74) is 2.64. The molecule has 0 saturated heterocycles. The van der Waals surface area contributed by atoms with E-state index in [9.17, 15) is 14.0 Å². The highest BCUT2D eigenvalue weighted by atomic mass is 19.1. The van der Waals surface area contributed by atoms with Crippen molar-refractivity contribution >= 4 is 22.8 Å². The monoisotopic (exact) mass is 368 g/mol. The first-order valence-electron chi connectivity index (χ1n) is 8.75. The van der Waals surface area contributed by atoms with Crippen LogP contribution in [-0.4, -0.2) is 34.5 Å². The number of hydrogen-bond acceptors (Lipinski definition) is 3. The molecule has 0 aliphatic heterocycles. The molecule has 0 spiro atoms. The number of amides is 2. The van der Waals surface area contributed by atoms with E-state index in [0.717, 1.165) is 11.0 Å². The Morgan fingerprint density at radius 1 is 1.11 bits per heavy atom. The van der Waals surface area contributed by atoms with Gasteiger partial charge >= 0.3 is 0 Å². The summed E-state index contributed by atoms with van der Waals surface area (Å²) in [4.78, 5) is 28.2. The minimum absolute atomic E-state index is 0.108. The van der Waals surface area contributed by atoms with Gasteiger partial charge in [0.25, 0.3) is 5.91 Å². The predicted octanol–water partition coefficient (Wildman–Crippen LogP) is 2.42. The van der Waals surface area contributed by atoms with Gasteiger partial charge in [0.2, 0.25) is 5.91 Å². The van der Waals surface area contributed by atoms with Crippen LogP contribution in [-0.2, 0) is 11.3 Å². The van der Waals surface area contributed by atoms with E-state index in [4.69, 9.17) is 0 Å². The van der Waals surface area contributed by atoms with Crippen LogP contribution in [0, 0.1) is 12.7 Å². The molecule has 0 saturated carbocycles. The highest BCUT2D eigenvalue weighted by molar-refractivity contribution is 5.94. The number of hydrogen-bond donors (Lipinski definition) is 2. The van der Waals surface area contributed by atoms with Crippen molar-refractivity contribution in [3.8, 4) is 0 Å². The van der Waals surface area contributed by atoms with Crippen LogP contribution in [0.1, 0.15) is 22.3 Å². The van der Waals surface area contributed by atoms with E-state index in [1.165, 1.54) is 6.07 Å². The molecular weight excluding hydrogens is 347 g/mol. The lowest BCUT2D eigenvalue weighted by atomic mass is 10.1. The summed E-state index contributed by atoms with van der Waals surface area (Å²) < 4.78 is 15.4. The van der Waals surface area contributed by atoms with E-state index in [0.29, 0.717) is 25.1 Å². The number of para-hydroxylation sites is 2. The molecule has 2 N–H and O–H groups in total. The normalized spacial score (nSPS) is 10.7. The van der Waals surface area contributed by atoms with E-state index in [-0.39, 0.29) is 23.9 Å². The average Bonchev–Trinajstić information content (AvgIpc) is 3.09. The summed E-state index contributed by atoms with van der Waals surface area (Å²) in [6, 6.07) is 12.1. The van der Waals surface area contributed by atoms with Gasteiger partial charge in [0.15, 0.2) is 0 Å². The highest BCUT2D eigenvalue weighted by Crippen LogP contribution is 2.12. The third kappa shape index (κ3) is 4.69. The fourth-order valence-electron chi connectivity index (χ4n) is 2.71. The first-order valence-corrected chi connectivity index (χ1v) is 8.75. The molecule has 0 atom stereocenters. The van der Waals surface area contributed by atoms with Crippen LogP contribution in [0.5, 0.6) is 0 Å². The van der Waals surface area contributed by atoms with Gasteiger partial charge in [-0.2, -0.15) is 0 Å². The molecule has 0 aliphatic rings. The molecule has 27 heavy (non-hydrogen) atoms. The van der Waals surface area contributed by atoms with E-state index in [2.05, 4.69) is 15.6 Å². The SMILES string of the molecule is Cc1ccc(C(=O)NCCNC(=O)CCn2cnc3ccccc32)cc1F. The molecule has 3 aromatic rings. The molecule has 140 valence electrons. The quantitative estimate of drug-likeness (QED) is 0.629. The number of rotatable bonds is 7. The van der Waals surface area contributed by atoms with Crippen LogP contribution in [0.15, 0.2) is 48.8 Å². The Kier molecular flexibility index (Phi) is 5.80. The molecule has 2 aromatic carbocycles. The zero-order chi connectivity index (χ0) is 19.2. The standard InChI is InChI=1S/C20H21FN4O2/c1-14-6-7-15(12-16(14)21)20(27)23-10-9-22-19(26)8-11-25-13-24-17-4-2-3-5-18(17)25/h2-7,12-13H,8-11H2,1H3,(H,22,26)(H,23,27). The lowest BCUT2D eigenvalue weighted by Gasteiger charge is -2.08. The molecule has 0 fully saturated rings. The number of carbonyl (C=O) groups excluding carboxylic acids is 2. The second kappa shape index (κ2) is 8.44. The van der Waals surface area contributed by atoms with Crippen LogP contribution in [0.3, 0.4) is 0 Å². The number of nitrogens with one attached hydrogen (secondary N) is 2. The van der Waals surface area contributed by atoms with Crippen molar-refractivity contribution in [3.63, 3.8) is 0 Å². The Balaban J connectivity index is 1.39. The number of carbonyl (C=O) groups is 2. The fourth-order valence-corrected chi connectivity index (χ4v) is 2.71. The maximum absolute atomic E-state index is 13.5. The molecular formula is C20H21FN4O2. The summed E-state index contributed by atoms with van der Waals surface area (Å²) in [6.45, 7) is 2.75. The van der Waals surface area contributed by atoms with Gasteiger partial charge in [-0.1, -0.05) is 18.2 Å². The molecule has 0 bridgehead atoms. The first kappa shape index (κ1) is 18.6. The lowest BCUT2D eigenvalue weighted by Crippen LogP contribution is -2.35. The molecule has 3 rings (SSSR count). The van der Waals surface area contributed by atoms with Gasteiger partial charge in [-0.05, 0) is 36.8 Å². The van der Waals surface area contributed by atoms with Gasteiger partial charge in [0.05, 0.1) is 17.4 Å². The number of aromatic nitrogens is 2. The molecule has 0 aliphatic carbocycles. The average molecular weight is 368 g/mol. The molecule has 0 unspecified atom stereocenters. The van der Waals surface area contributed by atoms with Crippen molar-refractivity contribution in [1.82, 2.24) is 20.2 Å². The van der Waals surface area contributed by atoms with Crippen molar-refractivity contribution in [2.75, 3.05) is 13.1 Å². The summed E-state index contributed by atoms with van der Waals surface area (Å²) in [6.07, 6.45) is 2.04. The number of nitrogens with zero attached hydrogens (tertiary/aromatic N) is 2. The highest BCUT2D eigenvalue weighted by Gasteiger charge is 2.08. The van der Waals surface area contributed by atoms with Crippen LogP contribution >= 0.6 is 0 Å². The largest absolute Gasteiger partial charge is 0.354 e. The molecule has 1 heterocycles. The third-order valence-electron chi connectivity index (χ3n) is 4.27. The van der Waals surface area contributed by atoms with E-state index in [1.807, 2.05) is 28.8 Å². The fraction of sp³-hybridized carbons (Fsp3) is 0.250. The lowest BCUT2D eigenvalue weighted by molar-refractivity contribution is -0.121. The molecule has 0 radical (unpaired) electrons. The molecule has 7 heteroatoms. The summed E-state index contributed by atoms with van der Waals surface area (Å²) in [5.74, 6) is -0.889. The van der Waals surface area contributed by atoms with Gasteiger partial charge in [0, 0.05) is 31.6 Å². The molecule has 1 aromatic heterocycles. The summed E-state index contributed by atoms with van der Waals surface area (Å²) >= 11 is 0. The third-order valence-corrected chi connectivity index (χ3v) is 4.27. The van der Waals surface area contributed by atoms with E-state index in [1.54, 1.807) is 25.4 Å². The zero-order valence-corrected chi connectivity index (χ0v) is 15.0. The topological polar surface area (TPSA) is 76.0 Å². The van der Waals surface area contributed by atoms with Crippen molar-refractivity contribution in [2.45, 2.75) is 19.9 Å². The Hall–Kier alpha value is -3.22. The van der Waals surface area contributed by atoms with Crippen LogP contribution in [0.4, 0.5) is 4.39 Å². The Morgan fingerprint density at radius 3 is 2.70 bits per heavy atom. The van der Waals surface area contributed by atoms with Crippen LogP contribution in [0.2, 0.25) is 0 Å². The number of aryl methyl sites for hydroxylation is 2. The summed E-state index contributed by atoms with van der Waals surface area (Å²) in [5, 5.41) is 5.42. The zero-order valence-electron chi connectivity index (χ0n) is 15.0. The molecule has 6 nitrogen and oxygen atoms in total. The van der Waals surface area contributed by atoms with E-state index < -0.39 is 5.82 Å². The predicted molar refractivity (Wildman–Crippen MR) is 101 cm³/mol. The Bertz CT molecular complexity index is 968. The number of imidazole rings is 1. The second-order valence-corrected chi connectivity index (χ2v) is 6.25. The second-order valence-electron chi connectivity index (χ2n) is 6.25. The van der Waals surface area contributed by atoms with Crippen molar-refractivity contribution in [2.24, 2.45) is 0 Å². The first-order chi connectivity index (χ1) is 13.0. The van der Waals surface area contributed by atoms with Gasteiger partial charge in [-0.15, -0.1) is 0 Å². The van der Waals surface area contributed by atoms with Gasteiger partial charge in [-0.25, -0.2) is 9.37 Å². The minimum Gasteiger partial charge on any atom is -0.354 e. The van der Waals surface area contributed by atoms with Crippen molar-refractivity contribution < 1.29 is 14.0 Å². The summed E-state index contributed by atoms with van der Waals surface area (Å²) in [7, 11) is 0. The number of fused-ring (bicyclic) bond motifs is 1. The maximum Gasteiger partial charge on any atom is 0.251 e. The Morgan fingerprint density at radius 2 is 1.89 bits per heavy atom. The number of benzene rings is 2. The van der Waals surface area contributed by atoms with Crippen molar-refractivity contribution in [1.29, 1.82) is 0 Å². The number of halogens is 1. The minimum atomic E-state index is -0.414. The Labute approximate surface area is 156 Å².